The lowest BCUT2D eigenvalue weighted by Gasteiger charge is -2.38. The van der Waals surface area contributed by atoms with Crippen LogP contribution in [0.4, 0.5) is 0 Å². The van der Waals surface area contributed by atoms with Gasteiger partial charge in [0.25, 0.3) is 5.78 Å². The second-order valence-corrected chi connectivity index (χ2v) is 9.11. The standard InChI is InChI=1S/C26H26O8/c1-6-12(2)25(29)34-21-14(4)13(3)7-15-8-17(30-5)20(27)24(28)26(15)10-31-23-19(26)16(21)9-18-22(23)33-11-32-18/h6-9,13-14,21H,10-11H2,1-5H3/b12-6-,15-7?/t13-,14-,21?,26+/m1/s1. The summed E-state index contributed by atoms with van der Waals surface area (Å²) in [5.41, 5.74) is 0.774. The number of carbonyl (C=O) groups excluding carboxylic acids is 3. The van der Waals surface area contributed by atoms with Crippen LogP contribution in [0.5, 0.6) is 17.2 Å². The highest BCUT2D eigenvalue weighted by Crippen LogP contribution is 2.59. The molecule has 178 valence electrons. The molecule has 2 aliphatic heterocycles. The predicted octanol–water partition coefficient (Wildman–Crippen LogP) is 3.49. The number of hydrogen-bond acceptors (Lipinski definition) is 8. The van der Waals surface area contributed by atoms with Crippen LogP contribution in [0.3, 0.4) is 0 Å². The molecule has 1 spiro atoms. The van der Waals surface area contributed by atoms with Gasteiger partial charge in [-0.3, -0.25) is 9.59 Å². The van der Waals surface area contributed by atoms with Gasteiger partial charge in [-0.25, -0.2) is 4.79 Å². The van der Waals surface area contributed by atoms with Gasteiger partial charge in [-0.15, -0.1) is 0 Å². The highest BCUT2D eigenvalue weighted by Gasteiger charge is 2.59. The van der Waals surface area contributed by atoms with Gasteiger partial charge in [0.05, 0.1) is 7.11 Å². The number of rotatable bonds is 3. The predicted molar refractivity (Wildman–Crippen MR) is 120 cm³/mol. The van der Waals surface area contributed by atoms with Crippen LogP contribution < -0.4 is 14.2 Å². The lowest BCUT2D eigenvalue weighted by molar-refractivity contribution is -0.148. The van der Waals surface area contributed by atoms with Crippen LogP contribution in [0.1, 0.15) is 44.9 Å². The van der Waals surface area contributed by atoms with Crippen LogP contribution >= 0.6 is 0 Å². The van der Waals surface area contributed by atoms with Crippen molar-refractivity contribution in [2.45, 2.75) is 39.2 Å². The number of esters is 1. The molecular formula is C26H26O8. The van der Waals surface area contributed by atoms with E-state index in [4.69, 9.17) is 23.7 Å². The second-order valence-electron chi connectivity index (χ2n) is 9.11. The summed E-state index contributed by atoms with van der Waals surface area (Å²) in [4.78, 5) is 39.6. The van der Waals surface area contributed by atoms with Gasteiger partial charge in [-0.1, -0.05) is 26.0 Å². The summed E-state index contributed by atoms with van der Waals surface area (Å²) < 4.78 is 28.6. The average molecular weight is 466 g/mol. The SMILES string of the molecule is C/C=C(/C)C(=O)OC1c2cc3c(c4c2[C@@]2(CO4)C(=O)C(=O)C(OC)=CC2=C[C@@H](C)[C@H]1C)OCO3. The largest absolute Gasteiger partial charge is 0.493 e. The Hall–Kier alpha value is -3.55. The van der Waals surface area contributed by atoms with Crippen molar-refractivity contribution in [1.29, 1.82) is 0 Å². The number of fused-ring (bicyclic) bond motifs is 2. The van der Waals surface area contributed by atoms with Crippen molar-refractivity contribution in [2.75, 3.05) is 20.5 Å². The third-order valence-electron chi connectivity index (χ3n) is 7.37. The summed E-state index contributed by atoms with van der Waals surface area (Å²) in [5.74, 6) is -0.946. The summed E-state index contributed by atoms with van der Waals surface area (Å²) in [6.07, 6.45) is 4.54. The molecular weight excluding hydrogens is 440 g/mol. The Morgan fingerprint density at radius 2 is 1.94 bits per heavy atom. The van der Waals surface area contributed by atoms with E-state index in [1.807, 2.05) is 19.9 Å². The quantitative estimate of drug-likeness (QED) is 0.379. The van der Waals surface area contributed by atoms with E-state index in [1.165, 1.54) is 7.11 Å². The first kappa shape index (κ1) is 22.3. The van der Waals surface area contributed by atoms with Gasteiger partial charge in [-0.2, -0.15) is 0 Å². The Bertz CT molecular complexity index is 1220. The van der Waals surface area contributed by atoms with E-state index in [2.05, 4.69) is 0 Å². The smallest absolute Gasteiger partial charge is 0.333 e. The van der Waals surface area contributed by atoms with E-state index in [0.29, 0.717) is 39.5 Å². The van der Waals surface area contributed by atoms with Crippen LogP contribution in [-0.4, -0.2) is 38.0 Å². The minimum absolute atomic E-state index is 0.00101. The van der Waals surface area contributed by atoms with Crippen molar-refractivity contribution in [2.24, 2.45) is 11.8 Å². The molecule has 0 N–H and O–H groups in total. The summed E-state index contributed by atoms with van der Waals surface area (Å²) >= 11 is 0. The molecule has 0 fully saturated rings. The Labute approximate surface area is 197 Å². The van der Waals surface area contributed by atoms with Crippen molar-refractivity contribution in [3.8, 4) is 17.2 Å². The lowest BCUT2D eigenvalue weighted by Crippen LogP contribution is -2.48. The first-order valence-electron chi connectivity index (χ1n) is 11.2. The average Bonchev–Trinajstić information content (AvgIpc) is 3.46. The van der Waals surface area contributed by atoms with Gasteiger partial charge in [0.2, 0.25) is 18.3 Å². The molecule has 0 bridgehead atoms. The first-order chi connectivity index (χ1) is 16.2. The van der Waals surface area contributed by atoms with Crippen molar-refractivity contribution in [3.63, 3.8) is 0 Å². The zero-order valence-corrected chi connectivity index (χ0v) is 19.7. The molecule has 1 aromatic carbocycles. The first-order valence-corrected chi connectivity index (χ1v) is 11.2. The number of methoxy groups -OCH3 is 1. The van der Waals surface area contributed by atoms with Crippen LogP contribution in [0.15, 0.2) is 41.2 Å². The second kappa shape index (κ2) is 7.75. The highest BCUT2D eigenvalue weighted by molar-refractivity contribution is 6.48. The third kappa shape index (κ3) is 2.87. The molecule has 8 nitrogen and oxygen atoms in total. The molecule has 34 heavy (non-hydrogen) atoms. The molecule has 4 aliphatic rings. The zero-order valence-electron chi connectivity index (χ0n) is 19.7. The normalized spacial score (nSPS) is 29.2. The minimum atomic E-state index is -1.39. The van der Waals surface area contributed by atoms with E-state index in [1.54, 1.807) is 32.1 Å². The Balaban J connectivity index is 1.82. The van der Waals surface area contributed by atoms with Crippen LogP contribution in [0, 0.1) is 11.8 Å². The monoisotopic (exact) mass is 466 g/mol. The van der Waals surface area contributed by atoms with E-state index in [0.717, 1.165) is 0 Å². The molecule has 0 amide bonds. The number of allylic oxidation sites excluding steroid dienone is 4. The highest BCUT2D eigenvalue weighted by atomic mass is 16.7. The molecule has 8 heteroatoms. The fraction of sp³-hybridized carbons (Fsp3) is 0.423. The number of hydrogen-bond donors (Lipinski definition) is 0. The molecule has 1 aromatic rings. The Morgan fingerprint density at radius 1 is 1.18 bits per heavy atom. The maximum atomic E-state index is 13.7. The Kier molecular flexibility index (Phi) is 5.07. The molecule has 5 rings (SSSR count). The van der Waals surface area contributed by atoms with Crippen molar-refractivity contribution < 1.29 is 38.1 Å². The number of Topliss-reactive ketones (excluding diaryl/α,β-unsaturated/α-hetero) is 2. The summed E-state index contributed by atoms with van der Waals surface area (Å²) in [6, 6.07) is 1.75. The molecule has 0 saturated carbocycles. The summed E-state index contributed by atoms with van der Waals surface area (Å²) in [5, 5.41) is 0. The van der Waals surface area contributed by atoms with E-state index >= 15 is 0 Å². The van der Waals surface area contributed by atoms with Gasteiger partial charge in [0.15, 0.2) is 17.3 Å². The van der Waals surface area contributed by atoms with Gasteiger partial charge in [0.1, 0.15) is 18.1 Å². The van der Waals surface area contributed by atoms with E-state index in [9.17, 15) is 14.4 Å². The number of benzene rings is 1. The molecule has 1 unspecified atom stereocenters. The topological polar surface area (TPSA) is 97.4 Å². The van der Waals surface area contributed by atoms with Gasteiger partial charge in [0, 0.05) is 22.6 Å². The summed E-state index contributed by atoms with van der Waals surface area (Å²) in [7, 11) is 1.37. The number of carbonyl (C=O) groups is 3. The number of ether oxygens (including phenoxy) is 5. The fourth-order valence-corrected chi connectivity index (χ4v) is 5.09. The Morgan fingerprint density at radius 3 is 2.65 bits per heavy atom. The van der Waals surface area contributed by atoms with E-state index in [-0.39, 0.29) is 31.0 Å². The maximum Gasteiger partial charge on any atom is 0.333 e. The van der Waals surface area contributed by atoms with Crippen LogP contribution in [-0.2, 0) is 29.3 Å². The van der Waals surface area contributed by atoms with Crippen LogP contribution in [0.2, 0.25) is 0 Å². The summed E-state index contributed by atoms with van der Waals surface area (Å²) in [6.45, 7) is 7.36. The molecule has 0 aromatic heterocycles. The fourth-order valence-electron chi connectivity index (χ4n) is 5.09. The van der Waals surface area contributed by atoms with Gasteiger partial charge < -0.3 is 23.7 Å². The van der Waals surface area contributed by atoms with Crippen molar-refractivity contribution >= 4 is 17.5 Å². The molecule has 2 heterocycles. The minimum Gasteiger partial charge on any atom is -0.493 e. The van der Waals surface area contributed by atoms with Gasteiger partial charge >= 0.3 is 5.97 Å². The molecule has 2 aliphatic carbocycles. The van der Waals surface area contributed by atoms with Gasteiger partial charge in [-0.05, 0) is 37.5 Å². The van der Waals surface area contributed by atoms with Crippen molar-refractivity contribution in [3.05, 3.63) is 52.3 Å². The lowest BCUT2D eigenvalue weighted by atomic mass is 9.63. The molecule has 0 saturated heterocycles. The number of ketones is 2. The zero-order chi connectivity index (χ0) is 24.4. The van der Waals surface area contributed by atoms with E-state index < -0.39 is 29.1 Å². The van der Waals surface area contributed by atoms with Crippen LogP contribution in [0.25, 0.3) is 0 Å². The molecule has 0 radical (unpaired) electrons. The third-order valence-corrected chi connectivity index (χ3v) is 7.37. The maximum absolute atomic E-state index is 13.7. The molecule has 4 atom stereocenters. The van der Waals surface area contributed by atoms with Crippen molar-refractivity contribution in [1.82, 2.24) is 0 Å².